The molecule has 0 amide bonds. The largest absolute Gasteiger partial charge is 0.462 e. The number of nitrogens with zero attached hydrogens (tertiary/aromatic N) is 4. The van der Waals surface area contributed by atoms with Gasteiger partial charge in [0, 0.05) is 38.0 Å². The Morgan fingerprint density at radius 3 is 2.90 bits per heavy atom. The van der Waals surface area contributed by atoms with E-state index in [1.54, 1.807) is 6.07 Å². The predicted octanol–water partition coefficient (Wildman–Crippen LogP) is 0.280. The summed E-state index contributed by atoms with van der Waals surface area (Å²) in [6.07, 6.45) is 0. The summed E-state index contributed by atoms with van der Waals surface area (Å²) >= 11 is 1.89. The van der Waals surface area contributed by atoms with Gasteiger partial charge in [0.05, 0.1) is 19.1 Å². The number of aromatic nitrogens is 2. The fourth-order valence-corrected chi connectivity index (χ4v) is 3.30. The zero-order valence-corrected chi connectivity index (χ0v) is 12.8. The highest BCUT2D eigenvalue weighted by Crippen LogP contribution is 2.23. The molecule has 0 aromatic carbocycles. The van der Waals surface area contributed by atoms with Crippen molar-refractivity contribution in [1.29, 1.82) is 0 Å². The van der Waals surface area contributed by atoms with Gasteiger partial charge in [0.15, 0.2) is 0 Å². The van der Waals surface area contributed by atoms with Crippen LogP contribution in [-0.4, -0.2) is 72.5 Å². The Morgan fingerprint density at radius 1 is 1.29 bits per heavy atom. The van der Waals surface area contributed by atoms with Crippen molar-refractivity contribution in [2.24, 2.45) is 0 Å². The molecule has 8 heteroatoms. The van der Waals surface area contributed by atoms with Crippen molar-refractivity contribution < 1.29 is 9.47 Å². The molecule has 1 aromatic rings. The first-order valence-electron chi connectivity index (χ1n) is 7.21. The second-order valence-electron chi connectivity index (χ2n) is 5.04. The van der Waals surface area contributed by atoms with Crippen molar-refractivity contribution in [1.82, 2.24) is 14.9 Å². The minimum atomic E-state index is 0.371. The molecule has 1 aromatic heterocycles. The lowest BCUT2D eigenvalue weighted by molar-refractivity contribution is 0.0317. The molecule has 3 rings (SSSR count). The Kier molecular flexibility index (Phi) is 5.00. The summed E-state index contributed by atoms with van der Waals surface area (Å²) in [5.74, 6) is 3.38. The molecule has 7 nitrogen and oxygen atoms in total. The molecule has 0 bridgehead atoms. The number of hydrogen-bond acceptors (Lipinski definition) is 8. The van der Waals surface area contributed by atoms with Crippen molar-refractivity contribution >= 4 is 23.4 Å². The second-order valence-corrected chi connectivity index (χ2v) is 6.11. The molecular formula is C13H21N5O2S. The first kappa shape index (κ1) is 14.7. The maximum Gasteiger partial charge on any atom is 0.320 e. The molecular weight excluding hydrogens is 290 g/mol. The number of nitrogen functional groups attached to an aromatic ring is 1. The molecule has 2 aliphatic rings. The zero-order valence-electron chi connectivity index (χ0n) is 12.0. The van der Waals surface area contributed by atoms with E-state index in [1.807, 2.05) is 11.8 Å². The molecule has 0 unspecified atom stereocenters. The lowest BCUT2D eigenvalue weighted by Gasteiger charge is -2.26. The second kappa shape index (κ2) is 7.15. The third-order valence-corrected chi connectivity index (χ3v) is 4.50. The topological polar surface area (TPSA) is 76.7 Å². The Morgan fingerprint density at radius 2 is 2.14 bits per heavy atom. The number of nitrogens with two attached hydrogens (primary N) is 1. The fourth-order valence-electron chi connectivity index (χ4n) is 2.34. The number of anilines is 2. The Balaban J connectivity index is 1.54. The van der Waals surface area contributed by atoms with Crippen LogP contribution in [0.25, 0.3) is 0 Å². The van der Waals surface area contributed by atoms with Gasteiger partial charge in [-0.25, -0.2) is 0 Å². The van der Waals surface area contributed by atoms with Gasteiger partial charge in [0.2, 0.25) is 0 Å². The van der Waals surface area contributed by atoms with Gasteiger partial charge in [-0.15, -0.1) is 11.8 Å². The van der Waals surface area contributed by atoms with E-state index in [2.05, 4.69) is 19.8 Å². The number of rotatable bonds is 5. The third kappa shape index (κ3) is 4.12. The molecule has 0 aliphatic carbocycles. The molecule has 2 N–H and O–H groups in total. The van der Waals surface area contributed by atoms with Gasteiger partial charge < -0.3 is 20.1 Å². The SMILES string of the molecule is Nc1cc(N2CCSC2)nc(OCCN2CCOCC2)n1. The molecule has 0 atom stereocenters. The third-order valence-electron chi connectivity index (χ3n) is 3.53. The van der Waals surface area contributed by atoms with Crippen LogP contribution in [0, 0.1) is 0 Å². The van der Waals surface area contributed by atoms with E-state index in [-0.39, 0.29) is 0 Å². The Labute approximate surface area is 128 Å². The van der Waals surface area contributed by atoms with Gasteiger partial charge >= 0.3 is 6.01 Å². The van der Waals surface area contributed by atoms with Crippen LogP contribution in [0.5, 0.6) is 6.01 Å². The van der Waals surface area contributed by atoms with E-state index in [0.717, 1.165) is 56.8 Å². The van der Waals surface area contributed by atoms with Gasteiger partial charge in [-0.2, -0.15) is 9.97 Å². The summed E-state index contributed by atoms with van der Waals surface area (Å²) < 4.78 is 11.0. The van der Waals surface area contributed by atoms with E-state index in [1.165, 1.54) is 0 Å². The van der Waals surface area contributed by atoms with Crippen LogP contribution in [0.4, 0.5) is 11.6 Å². The first-order chi connectivity index (χ1) is 10.3. The van der Waals surface area contributed by atoms with Gasteiger partial charge in [-0.3, -0.25) is 4.90 Å². The average Bonchev–Trinajstić information content (AvgIpc) is 3.02. The minimum Gasteiger partial charge on any atom is -0.462 e. The monoisotopic (exact) mass is 311 g/mol. The number of hydrogen-bond donors (Lipinski definition) is 1. The minimum absolute atomic E-state index is 0.371. The lowest BCUT2D eigenvalue weighted by Crippen LogP contribution is -2.38. The summed E-state index contributed by atoms with van der Waals surface area (Å²) in [5, 5.41) is 0. The van der Waals surface area contributed by atoms with Gasteiger partial charge in [0.1, 0.15) is 18.2 Å². The molecule has 2 saturated heterocycles. The Hall–Kier alpha value is -1.25. The van der Waals surface area contributed by atoms with E-state index < -0.39 is 0 Å². The molecule has 0 saturated carbocycles. The predicted molar refractivity (Wildman–Crippen MR) is 83.9 cm³/mol. The van der Waals surface area contributed by atoms with Crippen LogP contribution in [0.3, 0.4) is 0 Å². The lowest BCUT2D eigenvalue weighted by atomic mass is 10.4. The summed E-state index contributed by atoms with van der Waals surface area (Å²) in [6, 6.07) is 2.18. The van der Waals surface area contributed by atoms with Crippen LogP contribution < -0.4 is 15.4 Å². The summed E-state index contributed by atoms with van der Waals surface area (Å²) in [7, 11) is 0. The summed E-state index contributed by atoms with van der Waals surface area (Å²) in [5.41, 5.74) is 5.85. The number of morpholine rings is 1. The molecule has 2 aliphatic heterocycles. The van der Waals surface area contributed by atoms with Crippen LogP contribution >= 0.6 is 11.8 Å². The number of ether oxygens (including phenoxy) is 2. The maximum atomic E-state index is 5.85. The first-order valence-corrected chi connectivity index (χ1v) is 8.37. The van der Waals surface area contributed by atoms with Crippen LogP contribution in [0.15, 0.2) is 6.07 Å². The molecule has 0 spiro atoms. The maximum absolute atomic E-state index is 5.85. The molecule has 116 valence electrons. The van der Waals surface area contributed by atoms with Crippen molar-refractivity contribution in [3.63, 3.8) is 0 Å². The van der Waals surface area contributed by atoms with Gasteiger partial charge in [-0.05, 0) is 0 Å². The van der Waals surface area contributed by atoms with Gasteiger partial charge in [-0.1, -0.05) is 0 Å². The Bertz CT molecular complexity index is 464. The fraction of sp³-hybridized carbons (Fsp3) is 0.692. The highest BCUT2D eigenvalue weighted by Gasteiger charge is 2.16. The van der Waals surface area contributed by atoms with Crippen LogP contribution in [0.2, 0.25) is 0 Å². The highest BCUT2D eigenvalue weighted by atomic mass is 32.2. The van der Waals surface area contributed by atoms with E-state index in [9.17, 15) is 0 Å². The molecule has 0 radical (unpaired) electrons. The average molecular weight is 311 g/mol. The zero-order chi connectivity index (χ0) is 14.5. The summed E-state index contributed by atoms with van der Waals surface area (Å²) in [6.45, 7) is 5.92. The van der Waals surface area contributed by atoms with Crippen LogP contribution in [-0.2, 0) is 4.74 Å². The molecule has 21 heavy (non-hydrogen) atoms. The van der Waals surface area contributed by atoms with Crippen LogP contribution in [0.1, 0.15) is 0 Å². The standard InChI is InChI=1S/C13H21N5O2S/c14-11-9-12(18-4-8-21-10-18)16-13(15-11)20-7-3-17-1-5-19-6-2-17/h9H,1-8,10H2,(H2,14,15,16). The smallest absolute Gasteiger partial charge is 0.320 e. The van der Waals surface area contributed by atoms with E-state index >= 15 is 0 Å². The van der Waals surface area contributed by atoms with Crippen molar-refractivity contribution in [2.45, 2.75) is 0 Å². The van der Waals surface area contributed by atoms with Crippen molar-refractivity contribution in [3.05, 3.63) is 6.07 Å². The van der Waals surface area contributed by atoms with Crippen molar-refractivity contribution in [2.75, 3.05) is 68.3 Å². The highest BCUT2D eigenvalue weighted by molar-refractivity contribution is 7.99. The normalized spacial score (nSPS) is 19.9. The quantitative estimate of drug-likeness (QED) is 0.831. The van der Waals surface area contributed by atoms with E-state index in [4.69, 9.17) is 15.2 Å². The molecule has 3 heterocycles. The van der Waals surface area contributed by atoms with Gasteiger partial charge in [0.25, 0.3) is 0 Å². The molecule has 2 fully saturated rings. The van der Waals surface area contributed by atoms with Crippen molar-refractivity contribution in [3.8, 4) is 6.01 Å². The summed E-state index contributed by atoms with van der Waals surface area (Å²) in [4.78, 5) is 13.1. The van der Waals surface area contributed by atoms with E-state index in [0.29, 0.717) is 18.4 Å². The number of thioether (sulfide) groups is 1.